The molecule has 7 heteroatoms. The Morgan fingerprint density at radius 3 is 2.87 bits per heavy atom. The highest BCUT2D eigenvalue weighted by molar-refractivity contribution is 9.10. The third-order valence-electron chi connectivity index (χ3n) is 3.79. The number of carbonyl (C=O) groups excluding carboxylic acids is 2. The molecule has 23 heavy (non-hydrogen) atoms. The van der Waals surface area contributed by atoms with Crippen molar-refractivity contribution in [2.45, 2.75) is 20.3 Å². The van der Waals surface area contributed by atoms with Crippen molar-refractivity contribution >= 4 is 49.9 Å². The van der Waals surface area contributed by atoms with Crippen molar-refractivity contribution in [1.82, 2.24) is 4.98 Å². The smallest absolute Gasteiger partial charge is 0.231 e. The first-order valence-corrected chi connectivity index (χ1v) is 8.91. The van der Waals surface area contributed by atoms with Crippen molar-refractivity contribution in [1.29, 1.82) is 0 Å². The van der Waals surface area contributed by atoms with Gasteiger partial charge >= 0.3 is 0 Å². The molecule has 1 N–H and O–H groups in total. The number of halogens is 1. The monoisotopic (exact) mass is 393 g/mol. The second-order valence-electron chi connectivity index (χ2n) is 5.62. The number of hydrogen-bond donors (Lipinski definition) is 1. The molecule has 1 aromatic heterocycles. The summed E-state index contributed by atoms with van der Waals surface area (Å²) in [7, 11) is 0. The predicted molar refractivity (Wildman–Crippen MR) is 94.8 cm³/mol. The molecule has 1 fully saturated rings. The van der Waals surface area contributed by atoms with E-state index in [0.717, 1.165) is 21.4 Å². The number of amides is 2. The SMILES string of the molecule is Cc1csc(NC(=O)[C@@H]2CC(=O)N(c3ccc(Br)cc3C)C2)n1. The minimum atomic E-state index is -0.352. The summed E-state index contributed by atoms with van der Waals surface area (Å²) in [6.07, 6.45) is 0.228. The summed E-state index contributed by atoms with van der Waals surface area (Å²) in [5.74, 6) is -0.523. The van der Waals surface area contributed by atoms with Gasteiger partial charge in [0.05, 0.1) is 11.6 Å². The van der Waals surface area contributed by atoms with Crippen molar-refractivity contribution < 1.29 is 9.59 Å². The minimum Gasteiger partial charge on any atom is -0.311 e. The highest BCUT2D eigenvalue weighted by Gasteiger charge is 2.35. The molecule has 1 aliphatic rings. The van der Waals surface area contributed by atoms with Gasteiger partial charge < -0.3 is 10.2 Å². The van der Waals surface area contributed by atoms with Gasteiger partial charge in [-0.3, -0.25) is 9.59 Å². The molecule has 1 saturated heterocycles. The molecule has 0 aliphatic carbocycles. The second-order valence-corrected chi connectivity index (χ2v) is 7.39. The third kappa shape index (κ3) is 3.45. The number of carbonyl (C=O) groups is 2. The number of hydrogen-bond acceptors (Lipinski definition) is 4. The Bertz CT molecular complexity index is 774. The van der Waals surface area contributed by atoms with E-state index in [1.54, 1.807) is 4.90 Å². The largest absolute Gasteiger partial charge is 0.311 e. The van der Waals surface area contributed by atoms with Gasteiger partial charge in [-0.25, -0.2) is 4.98 Å². The van der Waals surface area contributed by atoms with Crippen LogP contribution < -0.4 is 10.2 Å². The van der Waals surface area contributed by atoms with Crippen molar-refractivity contribution in [2.75, 3.05) is 16.8 Å². The van der Waals surface area contributed by atoms with Crippen LogP contribution >= 0.6 is 27.3 Å². The van der Waals surface area contributed by atoms with Gasteiger partial charge in [0.2, 0.25) is 11.8 Å². The molecule has 1 aliphatic heterocycles. The molecule has 0 bridgehead atoms. The fourth-order valence-corrected chi connectivity index (χ4v) is 3.82. The number of nitrogens with one attached hydrogen (secondary N) is 1. The lowest BCUT2D eigenvalue weighted by atomic mass is 10.1. The molecule has 3 rings (SSSR count). The summed E-state index contributed by atoms with van der Waals surface area (Å²) in [6, 6.07) is 5.78. The topological polar surface area (TPSA) is 62.3 Å². The van der Waals surface area contributed by atoms with Gasteiger partial charge in [0.1, 0.15) is 0 Å². The van der Waals surface area contributed by atoms with Crippen molar-refractivity contribution in [3.05, 3.63) is 39.3 Å². The molecule has 5 nitrogen and oxygen atoms in total. The quantitative estimate of drug-likeness (QED) is 0.867. The zero-order chi connectivity index (χ0) is 16.6. The first-order valence-electron chi connectivity index (χ1n) is 7.23. The maximum atomic E-state index is 12.4. The van der Waals surface area contributed by atoms with E-state index in [1.165, 1.54) is 11.3 Å². The van der Waals surface area contributed by atoms with Crippen molar-refractivity contribution in [3.63, 3.8) is 0 Å². The number of anilines is 2. The van der Waals surface area contributed by atoms with E-state index in [0.29, 0.717) is 11.7 Å². The van der Waals surface area contributed by atoms with Crippen LogP contribution in [0.15, 0.2) is 28.1 Å². The molecule has 1 aromatic carbocycles. The van der Waals surface area contributed by atoms with Crippen LogP contribution in [0.3, 0.4) is 0 Å². The maximum Gasteiger partial charge on any atom is 0.231 e. The third-order valence-corrected chi connectivity index (χ3v) is 5.16. The summed E-state index contributed by atoms with van der Waals surface area (Å²) >= 11 is 4.81. The summed E-state index contributed by atoms with van der Waals surface area (Å²) in [5.41, 5.74) is 2.74. The zero-order valence-electron chi connectivity index (χ0n) is 12.8. The van der Waals surface area contributed by atoms with E-state index in [9.17, 15) is 9.59 Å². The Balaban J connectivity index is 1.73. The van der Waals surface area contributed by atoms with Gasteiger partial charge in [0.25, 0.3) is 0 Å². The molecular formula is C16H16BrN3O2S. The van der Waals surface area contributed by atoms with Crippen LogP contribution in [0.4, 0.5) is 10.8 Å². The molecule has 0 radical (unpaired) electrons. The average molecular weight is 394 g/mol. The summed E-state index contributed by atoms with van der Waals surface area (Å²) in [6.45, 7) is 4.24. The Morgan fingerprint density at radius 1 is 1.43 bits per heavy atom. The molecule has 2 aromatic rings. The Morgan fingerprint density at radius 2 is 2.22 bits per heavy atom. The maximum absolute atomic E-state index is 12.4. The van der Waals surface area contributed by atoms with Gasteiger partial charge in [0.15, 0.2) is 5.13 Å². The lowest BCUT2D eigenvalue weighted by Gasteiger charge is -2.19. The Kier molecular flexibility index (Phi) is 4.50. The lowest BCUT2D eigenvalue weighted by molar-refractivity contribution is -0.122. The molecule has 0 unspecified atom stereocenters. The van der Waals surface area contributed by atoms with E-state index in [-0.39, 0.29) is 24.2 Å². The molecule has 2 amide bonds. The van der Waals surface area contributed by atoms with Gasteiger partial charge in [0, 0.05) is 28.5 Å². The number of aryl methyl sites for hydroxylation is 2. The van der Waals surface area contributed by atoms with E-state index < -0.39 is 0 Å². The number of thiazole rings is 1. The first-order chi connectivity index (χ1) is 10.9. The van der Waals surface area contributed by atoms with Gasteiger partial charge in [-0.1, -0.05) is 15.9 Å². The van der Waals surface area contributed by atoms with Crippen LogP contribution in [0, 0.1) is 19.8 Å². The molecule has 0 saturated carbocycles. The number of aromatic nitrogens is 1. The van der Waals surface area contributed by atoms with Crippen molar-refractivity contribution in [3.8, 4) is 0 Å². The van der Waals surface area contributed by atoms with Gasteiger partial charge in [-0.15, -0.1) is 11.3 Å². The fraction of sp³-hybridized carbons (Fsp3) is 0.312. The highest BCUT2D eigenvalue weighted by Crippen LogP contribution is 2.30. The standard InChI is InChI=1S/C16H16BrN3O2S/c1-9-5-12(17)3-4-13(9)20-7-11(6-14(20)21)15(22)19-16-18-10(2)8-23-16/h3-5,8,11H,6-7H2,1-2H3,(H,18,19,22)/t11-/m1/s1. The van der Waals surface area contributed by atoms with Crippen LogP contribution in [0.2, 0.25) is 0 Å². The number of nitrogens with zero attached hydrogens (tertiary/aromatic N) is 2. The Labute approximate surface area is 146 Å². The van der Waals surface area contributed by atoms with Gasteiger partial charge in [-0.2, -0.15) is 0 Å². The summed E-state index contributed by atoms with van der Waals surface area (Å²) in [5, 5.41) is 5.27. The van der Waals surface area contributed by atoms with Gasteiger partial charge in [-0.05, 0) is 37.6 Å². The van der Waals surface area contributed by atoms with Crippen molar-refractivity contribution in [2.24, 2.45) is 5.92 Å². The molecule has 2 heterocycles. The molecule has 120 valence electrons. The van der Waals surface area contributed by atoms with E-state index in [4.69, 9.17) is 0 Å². The molecular weight excluding hydrogens is 378 g/mol. The second kappa shape index (κ2) is 6.41. The van der Waals surface area contributed by atoms with Crippen LogP contribution in [-0.4, -0.2) is 23.3 Å². The van der Waals surface area contributed by atoms with Crippen LogP contribution in [-0.2, 0) is 9.59 Å². The normalized spacial score (nSPS) is 17.6. The van der Waals surface area contributed by atoms with Crippen LogP contribution in [0.25, 0.3) is 0 Å². The summed E-state index contributed by atoms with van der Waals surface area (Å²) in [4.78, 5) is 30.6. The average Bonchev–Trinajstić information content (AvgIpc) is 3.05. The van der Waals surface area contributed by atoms with E-state index in [1.807, 2.05) is 37.4 Å². The fourth-order valence-electron chi connectivity index (χ4n) is 2.66. The molecule has 0 spiro atoms. The first kappa shape index (κ1) is 16.1. The number of rotatable bonds is 3. The van der Waals surface area contributed by atoms with E-state index in [2.05, 4.69) is 26.2 Å². The number of benzene rings is 1. The Hall–Kier alpha value is -1.73. The molecule has 1 atom stereocenters. The zero-order valence-corrected chi connectivity index (χ0v) is 15.2. The van der Waals surface area contributed by atoms with E-state index >= 15 is 0 Å². The highest BCUT2D eigenvalue weighted by atomic mass is 79.9. The summed E-state index contributed by atoms with van der Waals surface area (Å²) < 4.78 is 0.971. The minimum absolute atomic E-state index is 0.0223. The lowest BCUT2D eigenvalue weighted by Crippen LogP contribution is -2.28. The van der Waals surface area contributed by atoms with Crippen LogP contribution in [0.5, 0.6) is 0 Å². The predicted octanol–water partition coefficient (Wildman–Crippen LogP) is 3.51. The van der Waals surface area contributed by atoms with Crippen LogP contribution in [0.1, 0.15) is 17.7 Å².